The Balaban J connectivity index is 1.96. The zero-order chi connectivity index (χ0) is 16.7. The number of nitrogens with zero attached hydrogens (tertiary/aromatic N) is 1. The van der Waals surface area contributed by atoms with E-state index < -0.39 is 5.97 Å². The van der Waals surface area contributed by atoms with Crippen molar-refractivity contribution in [2.45, 2.75) is 12.8 Å². The van der Waals surface area contributed by atoms with Crippen molar-refractivity contribution >= 4 is 40.1 Å². The topological polar surface area (TPSA) is 50.2 Å². The molecule has 3 nitrogen and oxygen atoms in total. The van der Waals surface area contributed by atoms with Crippen LogP contribution in [0.5, 0.6) is 0 Å². The Morgan fingerprint density at radius 2 is 1.83 bits per heavy atom. The lowest BCUT2D eigenvalue weighted by atomic mass is 10.0. The fraction of sp³-hybridized carbons (Fsp3) is 0.100. The smallest absolute Gasteiger partial charge is 0.336 e. The lowest BCUT2D eigenvalue weighted by Gasteiger charge is -2.09. The summed E-state index contributed by atoms with van der Waals surface area (Å²) in [7, 11) is 0. The molecule has 0 fully saturated rings. The molecule has 3 aromatic rings. The minimum atomic E-state index is -0.899. The van der Waals surface area contributed by atoms with Crippen molar-refractivity contribution in [2.24, 2.45) is 0 Å². The number of para-hydroxylation sites is 1. The van der Waals surface area contributed by atoms with E-state index >= 15 is 0 Å². The number of carboxylic acids is 1. The van der Waals surface area contributed by atoms with E-state index in [1.807, 2.05) is 54.6 Å². The standard InChI is InChI=1S/C20H14ClNO2/c21-16-7-3-1-5-12(16)11-13-9-10-15-18(20(23)24)14-6-2-4-8-17(14)22-19(13)15/h1-8,11H,9-10H2,(H,23,24)/b13-11+. The highest BCUT2D eigenvalue weighted by Gasteiger charge is 2.26. The Bertz CT molecular complexity index is 1010. The van der Waals surface area contributed by atoms with Gasteiger partial charge >= 0.3 is 5.97 Å². The van der Waals surface area contributed by atoms with E-state index in [1.165, 1.54) is 0 Å². The molecule has 0 saturated carbocycles. The van der Waals surface area contributed by atoms with Gasteiger partial charge in [-0.2, -0.15) is 0 Å². The fourth-order valence-electron chi connectivity index (χ4n) is 3.30. The molecular formula is C20H14ClNO2. The van der Waals surface area contributed by atoms with Gasteiger partial charge in [0.2, 0.25) is 0 Å². The van der Waals surface area contributed by atoms with Gasteiger partial charge in [0.25, 0.3) is 0 Å². The zero-order valence-corrected chi connectivity index (χ0v) is 13.5. The van der Waals surface area contributed by atoms with Crippen LogP contribution < -0.4 is 0 Å². The third-order valence-electron chi connectivity index (χ3n) is 4.39. The van der Waals surface area contributed by atoms with Gasteiger partial charge in [0, 0.05) is 10.4 Å². The van der Waals surface area contributed by atoms with E-state index in [2.05, 4.69) is 0 Å². The van der Waals surface area contributed by atoms with Crippen LogP contribution in [0.25, 0.3) is 22.6 Å². The summed E-state index contributed by atoms with van der Waals surface area (Å²) < 4.78 is 0. The molecule has 1 heterocycles. The number of carboxylic acid groups (broad SMARTS) is 1. The molecule has 0 saturated heterocycles. The molecule has 0 atom stereocenters. The van der Waals surface area contributed by atoms with Crippen LogP contribution in [-0.4, -0.2) is 16.1 Å². The Morgan fingerprint density at radius 1 is 1.08 bits per heavy atom. The number of halogens is 1. The van der Waals surface area contributed by atoms with Gasteiger partial charge in [0.1, 0.15) is 0 Å². The van der Waals surface area contributed by atoms with Crippen molar-refractivity contribution in [1.82, 2.24) is 4.98 Å². The number of allylic oxidation sites excluding steroid dienone is 1. The lowest BCUT2D eigenvalue weighted by Crippen LogP contribution is -2.05. The maximum atomic E-state index is 11.8. The number of pyridine rings is 1. The lowest BCUT2D eigenvalue weighted by molar-refractivity contribution is 0.0698. The molecule has 24 heavy (non-hydrogen) atoms. The SMILES string of the molecule is O=C(O)c1c2c(nc3ccccc13)/C(=C/c1ccccc1Cl)CC2. The third kappa shape index (κ3) is 2.38. The van der Waals surface area contributed by atoms with E-state index in [4.69, 9.17) is 16.6 Å². The predicted molar refractivity (Wildman–Crippen MR) is 96.3 cm³/mol. The third-order valence-corrected chi connectivity index (χ3v) is 4.73. The Labute approximate surface area is 144 Å². The molecule has 1 N–H and O–H groups in total. The van der Waals surface area contributed by atoms with Gasteiger partial charge in [-0.05, 0) is 47.8 Å². The second-order valence-electron chi connectivity index (χ2n) is 5.83. The van der Waals surface area contributed by atoms with E-state index in [0.29, 0.717) is 27.9 Å². The second-order valence-corrected chi connectivity index (χ2v) is 6.23. The molecule has 1 aliphatic rings. The minimum Gasteiger partial charge on any atom is -0.478 e. The van der Waals surface area contributed by atoms with Crippen LogP contribution in [0, 0.1) is 0 Å². The molecule has 0 aliphatic heterocycles. The summed E-state index contributed by atoms with van der Waals surface area (Å²) in [5.41, 5.74) is 4.64. The molecule has 4 heteroatoms. The summed E-state index contributed by atoms with van der Waals surface area (Å²) in [4.78, 5) is 16.6. The van der Waals surface area contributed by atoms with Crippen LogP contribution in [0.3, 0.4) is 0 Å². The van der Waals surface area contributed by atoms with Crippen LogP contribution in [0.15, 0.2) is 48.5 Å². The van der Waals surface area contributed by atoms with Crippen molar-refractivity contribution in [2.75, 3.05) is 0 Å². The number of hydrogen-bond acceptors (Lipinski definition) is 2. The maximum Gasteiger partial charge on any atom is 0.336 e. The second kappa shape index (κ2) is 5.77. The Morgan fingerprint density at radius 3 is 2.62 bits per heavy atom. The fourth-order valence-corrected chi connectivity index (χ4v) is 3.49. The van der Waals surface area contributed by atoms with Crippen molar-refractivity contribution in [3.8, 4) is 0 Å². The van der Waals surface area contributed by atoms with E-state index in [1.54, 1.807) is 0 Å². The molecule has 1 aromatic heterocycles. The van der Waals surface area contributed by atoms with Crippen molar-refractivity contribution in [3.05, 3.63) is 75.9 Å². The van der Waals surface area contributed by atoms with Crippen molar-refractivity contribution < 1.29 is 9.90 Å². The first-order chi connectivity index (χ1) is 11.6. The Kier molecular flexibility index (Phi) is 3.58. The number of aromatic nitrogens is 1. The van der Waals surface area contributed by atoms with Crippen LogP contribution in [-0.2, 0) is 6.42 Å². The van der Waals surface area contributed by atoms with Crippen LogP contribution in [0.4, 0.5) is 0 Å². The summed E-state index contributed by atoms with van der Waals surface area (Å²) in [5.74, 6) is -0.899. The highest BCUT2D eigenvalue weighted by atomic mass is 35.5. The molecule has 0 amide bonds. The Hall–Kier alpha value is -2.65. The molecular weight excluding hydrogens is 322 g/mol. The van der Waals surface area contributed by atoms with Gasteiger partial charge in [-0.1, -0.05) is 48.0 Å². The number of fused-ring (bicyclic) bond motifs is 2. The predicted octanol–water partition coefficient (Wildman–Crippen LogP) is 5.07. The quantitative estimate of drug-likeness (QED) is 0.711. The van der Waals surface area contributed by atoms with Gasteiger partial charge in [0.05, 0.1) is 16.8 Å². The average molecular weight is 336 g/mol. The summed E-state index contributed by atoms with van der Waals surface area (Å²) in [6, 6.07) is 15.0. The summed E-state index contributed by atoms with van der Waals surface area (Å²) in [6.07, 6.45) is 3.47. The largest absolute Gasteiger partial charge is 0.478 e. The monoisotopic (exact) mass is 335 g/mol. The van der Waals surface area contributed by atoms with Crippen molar-refractivity contribution in [1.29, 1.82) is 0 Å². The number of benzene rings is 2. The summed E-state index contributed by atoms with van der Waals surface area (Å²) in [5, 5.41) is 11.1. The molecule has 0 bridgehead atoms. The van der Waals surface area contributed by atoms with Crippen LogP contribution >= 0.6 is 11.6 Å². The molecule has 118 valence electrons. The first kappa shape index (κ1) is 14.9. The highest BCUT2D eigenvalue weighted by Crippen LogP contribution is 2.38. The normalized spacial score (nSPS) is 15.0. The molecule has 4 rings (SSSR count). The summed E-state index contributed by atoms with van der Waals surface area (Å²) >= 11 is 6.25. The number of carbonyl (C=O) groups is 1. The van der Waals surface area contributed by atoms with Crippen LogP contribution in [0.1, 0.15) is 33.6 Å². The number of aromatic carboxylic acids is 1. The van der Waals surface area contributed by atoms with Crippen molar-refractivity contribution in [3.63, 3.8) is 0 Å². The van der Waals surface area contributed by atoms with E-state index in [9.17, 15) is 9.90 Å². The average Bonchev–Trinajstić information content (AvgIpc) is 2.97. The van der Waals surface area contributed by atoms with Gasteiger partial charge in [-0.15, -0.1) is 0 Å². The van der Waals surface area contributed by atoms with E-state index in [0.717, 1.165) is 28.8 Å². The summed E-state index contributed by atoms with van der Waals surface area (Å²) in [6.45, 7) is 0. The van der Waals surface area contributed by atoms with E-state index in [-0.39, 0.29) is 0 Å². The first-order valence-electron chi connectivity index (χ1n) is 7.75. The molecule has 0 radical (unpaired) electrons. The maximum absolute atomic E-state index is 11.8. The highest BCUT2D eigenvalue weighted by molar-refractivity contribution is 6.32. The molecule has 0 spiro atoms. The number of hydrogen-bond donors (Lipinski definition) is 1. The van der Waals surface area contributed by atoms with Gasteiger partial charge in [0.15, 0.2) is 0 Å². The minimum absolute atomic E-state index is 0.373. The van der Waals surface area contributed by atoms with Gasteiger partial charge < -0.3 is 5.11 Å². The number of rotatable bonds is 2. The van der Waals surface area contributed by atoms with Gasteiger partial charge in [-0.25, -0.2) is 9.78 Å². The van der Waals surface area contributed by atoms with Crippen LogP contribution in [0.2, 0.25) is 5.02 Å². The molecule has 1 aliphatic carbocycles. The van der Waals surface area contributed by atoms with Gasteiger partial charge in [-0.3, -0.25) is 0 Å². The first-order valence-corrected chi connectivity index (χ1v) is 8.13. The molecule has 2 aromatic carbocycles. The zero-order valence-electron chi connectivity index (χ0n) is 12.8. The molecule has 0 unspecified atom stereocenters.